The number of carbonyl (C=O) groups excluding carboxylic acids is 3. The van der Waals surface area contributed by atoms with Crippen LogP contribution in [0.2, 0.25) is 0 Å². The number of imide groups is 1. The Morgan fingerprint density at radius 3 is 2.50 bits per heavy atom. The van der Waals surface area contributed by atoms with Gasteiger partial charge < -0.3 is 10.2 Å². The van der Waals surface area contributed by atoms with Crippen LogP contribution in [0.3, 0.4) is 0 Å². The molecular weight excluding hydrogens is 326 g/mol. The average molecular weight is 347 g/mol. The maximum absolute atomic E-state index is 13.0. The molecule has 2 heterocycles. The third-order valence-electron chi connectivity index (χ3n) is 4.63. The van der Waals surface area contributed by atoms with Gasteiger partial charge in [-0.15, -0.1) is 0 Å². The summed E-state index contributed by atoms with van der Waals surface area (Å²) in [5.74, 6) is 1.28. The van der Waals surface area contributed by atoms with Crippen molar-refractivity contribution in [2.24, 2.45) is 0 Å². The predicted octanol–water partition coefficient (Wildman–Crippen LogP) is 1.42. The van der Waals surface area contributed by atoms with Gasteiger partial charge in [0.25, 0.3) is 5.91 Å². The normalized spacial score (nSPS) is 24.2. The zero-order valence-corrected chi connectivity index (χ0v) is 14.5. The molecule has 2 aliphatic rings. The number of thioether (sulfide) groups is 1. The van der Waals surface area contributed by atoms with Gasteiger partial charge in [-0.2, -0.15) is 11.8 Å². The minimum atomic E-state index is -1.07. The van der Waals surface area contributed by atoms with E-state index >= 15 is 0 Å². The van der Waals surface area contributed by atoms with Crippen LogP contribution < -0.4 is 5.32 Å². The van der Waals surface area contributed by atoms with Gasteiger partial charge in [-0.25, -0.2) is 4.79 Å². The zero-order chi connectivity index (χ0) is 17.2. The first-order chi connectivity index (χ1) is 11.6. The second-order valence-corrected chi connectivity index (χ2v) is 7.16. The van der Waals surface area contributed by atoms with Crippen molar-refractivity contribution in [2.45, 2.75) is 18.9 Å². The second-order valence-electron chi connectivity index (χ2n) is 5.94. The van der Waals surface area contributed by atoms with E-state index in [1.54, 1.807) is 16.7 Å². The quantitative estimate of drug-likeness (QED) is 0.837. The molecule has 2 fully saturated rings. The number of amides is 4. The molecule has 7 heteroatoms. The molecule has 0 radical (unpaired) electrons. The average Bonchev–Trinajstić information content (AvgIpc) is 2.88. The van der Waals surface area contributed by atoms with Crippen LogP contribution in [0, 0.1) is 0 Å². The minimum Gasteiger partial charge on any atom is -0.339 e. The van der Waals surface area contributed by atoms with Crippen LogP contribution in [0.4, 0.5) is 4.79 Å². The molecule has 1 atom stereocenters. The van der Waals surface area contributed by atoms with Gasteiger partial charge in [0.2, 0.25) is 5.91 Å². The van der Waals surface area contributed by atoms with E-state index < -0.39 is 11.6 Å². The van der Waals surface area contributed by atoms with Crippen molar-refractivity contribution < 1.29 is 14.4 Å². The number of hydrogen-bond acceptors (Lipinski definition) is 4. The summed E-state index contributed by atoms with van der Waals surface area (Å²) in [6, 6.07) is 8.70. The first-order valence-electron chi connectivity index (χ1n) is 8.13. The summed E-state index contributed by atoms with van der Waals surface area (Å²) in [5.41, 5.74) is -0.328. The summed E-state index contributed by atoms with van der Waals surface area (Å²) in [5, 5.41) is 2.80. The van der Waals surface area contributed by atoms with E-state index in [2.05, 4.69) is 5.32 Å². The van der Waals surface area contributed by atoms with Gasteiger partial charge in [0.15, 0.2) is 0 Å². The second kappa shape index (κ2) is 6.84. The van der Waals surface area contributed by atoms with Gasteiger partial charge in [0, 0.05) is 24.6 Å². The van der Waals surface area contributed by atoms with Gasteiger partial charge in [-0.05, 0) is 12.0 Å². The lowest BCUT2D eigenvalue weighted by Gasteiger charge is -2.28. The lowest BCUT2D eigenvalue weighted by atomic mass is 9.87. The molecule has 0 aromatic heterocycles. The van der Waals surface area contributed by atoms with Crippen LogP contribution in [-0.4, -0.2) is 58.8 Å². The SMILES string of the molecule is CC[C@]1(c2ccccc2)NC(=O)N(CC(=O)N2CCSCC2)C1=O. The molecule has 0 aliphatic carbocycles. The summed E-state index contributed by atoms with van der Waals surface area (Å²) < 4.78 is 0. The van der Waals surface area contributed by atoms with Gasteiger partial charge in [0.05, 0.1) is 0 Å². The standard InChI is InChI=1S/C17H21N3O3S/c1-2-17(13-6-4-3-5-7-13)15(22)20(16(23)18-17)12-14(21)19-8-10-24-11-9-19/h3-7H,2,8-12H2,1H3,(H,18,23)/t17-/m1/s1. The van der Waals surface area contributed by atoms with Crippen molar-refractivity contribution >= 4 is 29.6 Å². The summed E-state index contributed by atoms with van der Waals surface area (Å²) in [6.45, 7) is 3.01. The predicted molar refractivity (Wildman–Crippen MR) is 92.6 cm³/mol. The molecule has 1 aromatic rings. The molecular formula is C17H21N3O3S. The Hall–Kier alpha value is -2.02. The zero-order valence-electron chi connectivity index (χ0n) is 13.7. The van der Waals surface area contributed by atoms with Crippen LogP contribution in [-0.2, 0) is 15.1 Å². The first kappa shape index (κ1) is 16.8. The van der Waals surface area contributed by atoms with Crippen molar-refractivity contribution in [3.63, 3.8) is 0 Å². The highest BCUT2D eigenvalue weighted by molar-refractivity contribution is 7.99. The van der Waals surface area contributed by atoms with Crippen molar-refractivity contribution in [2.75, 3.05) is 31.1 Å². The maximum atomic E-state index is 13.0. The van der Waals surface area contributed by atoms with Crippen molar-refractivity contribution in [1.82, 2.24) is 15.1 Å². The molecule has 2 saturated heterocycles. The number of urea groups is 1. The molecule has 0 bridgehead atoms. The minimum absolute atomic E-state index is 0.168. The molecule has 3 rings (SSSR count). The van der Waals surface area contributed by atoms with Crippen LogP contribution in [0.5, 0.6) is 0 Å². The molecule has 0 spiro atoms. The maximum Gasteiger partial charge on any atom is 0.325 e. The molecule has 6 nitrogen and oxygen atoms in total. The Bertz CT molecular complexity index is 646. The highest BCUT2D eigenvalue weighted by atomic mass is 32.2. The number of hydrogen-bond donors (Lipinski definition) is 1. The van der Waals surface area contributed by atoms with Crippen LogP contribution >= 0.6 is 11.8 Å². The highest BCUT2D eigenvalue weighted by Crippen LogP contribution is 2.32. The number of carbonyl (C=O) groups is 3. The molecule has 24 heavy (non-hydrogen) atoms. The molecule has 4 amide bonds. The van der Waals surface area contributed by atoms with Gasteiger partial charge in [-0.1, -0.05) is 37.3 Å². The fourth-order valence-corrected chi connectivity index (χ4v) is 4.08. The number of nitrogens with one attached hydrogen (secondary N) is 1. The van der Waals surface area contributed by atoms with E-state index in [-0.39, 0.29) is 18.4 Å². The lowest BCUT2D eigenvalue weighted by molar-refractivity contribution is -0.139. The van der Waals surface area contributed by atoms with Gasteiger partial charge in [-0.3, -0.25) is 14.5 Å². The first-order valence-corrected chi connectivity index (χ1v) is 9.29. The topological polar surface area (TPSA) is 69.7 Å². The van der Waals surface area contributed by atoms with Gasteiger partial charge in [0.1, 0.15) is 12.1 Å². The number of nitrogens with zero attached hydrogens (tertiary/aromatic N) is 2. The number of rotatable bonds is 4. The monoisotopic (exact) mass is 347 g/mol. The Balaban J connectivity index is 1.79. The smallest absolute Gasteiger partial charge is 0.325 e. The molecule has 0 unspecified atom stereocenters. The Labute approximate surface area is 145 Å². The third-order valence-corrected chi connectivity index (χ3v) is 5.57. The van der Waals surface area contributed by atoms with E-state index in [0.717, 1.165) is 22.0 Å². The largest absolute Gasteiger partial charge is 0.339 e. The van der Waals surface area contributed by atoms with Crippen LogP contribution in [0.25, 0.3) is 0 Å². The van der Waals surface area contributed by atoms with Crippen molar-refractivity contribution in [1.29, 1.82) is 0 Å². The van der Waals surface area contributed by atoms with Crippen molar-refractivity contribution in [3.8, 4) is 0 Å². The van der Waals surface area contributed by atoms with Crippen molar-refractivity contribution in [3.05, 3.63) is 35.9 Å². The summed E-state index contributed by atoms with van der Waals surface area (Å²) in [7, 11) is 0. The molecule has 1 aromatic carbocycles. The Morgan fingerprint density at radius 1 is 1.21 bits per heavy atom. The van der Waals surface area contributed by atoms with Crippen LogP contribution in [0.15, 0.2) is 30.3 Å². The van der Waals surface area contributed by atoms with Gasteiger partial charge >= 0.3 is 6.03 Å². The summed E-state index contributed by atoms with van der Waals surface area (Å²) >= 11 is 1.81. The number of benzene rings is 1. The fraction of sp³-hybridized carbons (Fsp3) is 0.471. The third kappa shape index (κ3) is 2.88. The molecule has 2 aliphatic heterocycles. The molecule has 0 saturated carbocycles. The Kier molecular flexibility index (Phi) is 4.80. The van der Waals surface area contributed by atoms with E-state index in [9.17, 15) is 14.4 Å². The molecule has 128 valence electrons. The van der Waals surface area contributed by atoms with Crippen LogP contribution in [0.1, 0.15) is 18.9 Å². The summed E-state index contributed by atoms with van der Waals surface area (Å²) in [6.07, 6.45) is 0.437. The van der Waals surface area contributed by atoms with E-state index in [1.807, 2.05) is 37.3 Å². The van der Waals surface area contributed by atoms with E-state index in [4.69, 9.17) is 0 Å². The fourth-order valence-electron chi connectivity index (χ4n) is 3.18. The molecule has 1 N–H and O–H groups in total. The van der Waals surface area contributed by atoms with E-state index in [0.29, 0.717) is 19.5 Å². The van der Waals surface area contributed by atoms with E-state index in [1.165, 1.54) is 0 Å². The highest BCUT2D eigenvalue weighted by Gasteiger charge is 2.51. The summed E-state index contributed by atoms with van der Waals surface area (Å²) in [4.78, 5) is 40.5. The Morgan fingerprint density at radius 2 is 1.88 bits per heavy atom. The lowest BCUT2D eigenvalue weighted by Crippen LogP contribution is -2.47.